The number of amides is 1. The summed E-state index contributed by atoms with van der Waals surface area (Å²) in [7, 11) is 1.44. The first-order chi connectivity index (χ1) is 13.5. The van der Waals surface area contributed by atoms with Crippen molar-refractivity contribution in [3.8, 4) is 0 Å². The van der Waals surface area contributed by atoms with E-state index in [1.165, 1.54) is 37.7 Å². The van der Waals surface area contributed by atoms with E-state index < -0.39 is 0 Å². The van der Waals surface area contributed by atoms with Crippen LogP contribution in [0.25, 0.3) is 0 Å². The molecule has 1 unspecified atom stereocenters. The first kappa shape index (κ1) is 18.7. The zero-order valence-corrected chi connectivity index (χ0v) is 17.8. The summed E-state index contributed by atoms with van der Waals surface area (Å²) in [4.78, 5) is 27.4. The van der Waals surface area contributed by atoms with Crippen molar-refractivity contribution >= 4 is 28.2 Å². The number of thiophene rings is 1. The van der Waals surface area contributed by atoms with Crippen LogP contribution in [0.3, 0.4) is 0 Å². The van der Waals surface area contributed by atoms with Gasteiger partial charge in [-0.05, 0) is 87.0 Å². The number of esters is 1. The number of methoxy groups -OCH3 is 1. The van der Waals surface area contributed by atoms with E-state index in [4.69, 9.17) is 4.74 Å². The van der Waals surface area contributed by atoms with Crippen LogP contribution in [-0.2, 0) is 22.4 Å². The first-order valence-electron chi connectivity index (χ1n) is 11.1. The van der Waals surface area contributed by atoms with Gasteiger partial charge in [-0.15, -0.1) is 11.3 Å². The standard InChI is InChI=1S/C23H31NO3S/c1-3-13-4-5-17-18(9-13)28-20(19(17)21(25)27-2)24-22(26)23-10-14-6-15(11-23)8-16(7-14)12-23/h13-16H,3-12H2,1-2H3,(H,24,26). The Labute approximate surface area is 171 Å². The Balaban J connectivity index is 1.44. The predicted molar refractivity (Wildman–Crippen MR) is 111 cm³/mol. The highest BCUT2D eigenvalue weighted by molar-refractivity contribution is 7.17. The molecule has 28 heavy (non-hydrogen) atoms. The number of carbonyl (C=O) groups excluding carboxylic acids is 2. The van der Waals surface area contributed by atoms with Crippen LogP contribution < -0.4 is 5.32 Å². The van der Waals surface area contributed by atoms with Gasteiger partial charge in [0.2, 0.25) is 5.91 Å². The maximum atomic E-state index is 13.5. The summed E-state index contributed by atoms with van der Waals surface area (Å²) in [5.74, 6) is 2.76. The predicted octanol–water partition coefficient (Wildman–Crippen LogP) is 5.20. The fourth-order valence-corrected chi connectivity index (χ4v) is 8.38. The molecule has 4 bridgehead atoms. The summed E-state index contributed by atoms with van der Waals surface area (Å²) in [5, 5.41) is 4.00. The second-order valence-electron chi connectivity index (χ2n) is 9.87. The molecule has 0 aliphatic heterocycles. The summed E-state index contributed by atoms with van der Waals surface area (Å²) < 4.78 is 5.10. The maximum absolute atomic E-state index is 13.5. The van der Waals surface area contributed by atoms with E-state index in [9.17, 15) is 9.59 Å². The Hall–Kier alpha value is -1.36. The van der Waals surface area contributed by atoms with Gasteiger partial charge in [-0.25, -0.2) is 4.79 Å². The molecule has 1 N–H and O–H groups in total. The van der Waals surface area contributed by atoms with E-state index >= 15 is 0 Å². The number of fused-ring (bicyclic) bond motifs is 1. The molecule has 4 fully saturated rings. The molecule has 1 atom stereocenters. The van der Waals surface area contributed by atoms with E-state index in [1.54, 1.807) is 11.3 Å². The lowest BCUT2D eigenvalue weighted by molar-refractivity contribution is -0.140. The molecule has 0 aromatic carbocycles. The van der Waals surface area contributed by atoms with Crippen molar-refractivity contribution in [2.45, 2.75) is 71.1 Å². The highest BCUT2D eigenvalue weighted by Crippen LogP contribution is 2.60. The molecule has 1 aromatic heterocycles. The lowest BCUT2D eigenvalue weighted by Crippen LogP contribution is -2.51. The van der Waals surface area contributed by atoms with Crippen LogP contribution in [0.2, 0.25) is 0 Å². The number of hydrogen-bond acceptors (Lipinski definition) is 4. The van der Waals surface area contributed by atoms with Gasteiger partial charge in [-0.2, -0.15) is 0 Å². The lowest BCUT2D eigenvalue weighted by atomic mass is 9.49. The zero-order chi connectivity index (χ0) is 19.5. The van der Waals surface area contributed by atoms with Gasteiger partial charge in [0.1, 0.15) is 5.00 Å². The van der Waals surface area contributed by atoms with Gasteiger partial charge >= 0.3 is 5.97 Å². The number of nitrogens with one attached hydrogen (secondary N) is 1. The van der Waals surface area contributed by atoms with E-state index in [-0.39, 0.29) is 17.3 Å². The van der Waals surface area contributed by atoms with Crippen molar-refractivity contribution < 1.29 is 14.3 Å². The Morgan fingerprint density at radius 2 is 1.79 bits per heavy atom. The topological polar surface area (TPSA) is 55.4 Å². The molecule has 5 aliphatic rings. The molecule has 152 valence electrons. The molecule has 0 spiro atoms. The highest BCUT2D eigenvalue weighted by Gasteiger charge is 2.54. The Bertz CT molecular complexity index is 776. The average molecular weight is 402 g/mol. The molecular formula is C23H31NO3S. The van der Waals surface area contributed by atoms with Gasteiger partial charge in [0.25, 0.3) is 0 Å². The smallest absolute Gasteiger partial charge is 0.341 e. The molecule has 1 aromatic rings. The summed E-state index contributed by atoms with van der Waals surface area (Å²) in [6.45, 7) is 2.24. The SMILES string of the molecule is CCC1CCc2c(sc(NC(=O)C34CC5CC(CC(C5)C3)C4)c2C(=O)OC)C1. The molecule has 4 saturated carbocycles. The van der Waals surface area contributed by atoms with Crippen molar-refractivity contribution in [1.29, 1.82) is 0 Å². The van der Waals surface area contributed by atoms with Crippen molar-refractivity contribution in [2.24, 2.45) is 29.1 Å². The Morgan fingerprint density at radius 1 is 1.14 bits per heavy atom. The quantitative estimate of drug-likeness (QED) is 0.705. The first-order valence-corrected chi connectivity index (χ1v) is 11.9. The van der Waals surface area contributed by atoms with Crippen LogP contribution in [0.15, 0.2) is 0 Å². The van der Waals surface area contributed by atoms with Gasteiger partial charge in [0.05, 0.1) is 18.1 Å². The van der Waals surface area contributed by atoms with Gasteiger partial charge in [0, 0.05) is 4.88 Å². The second kappa shape index (κ2) is 6.86. The van der Waals surface area contributed by atoms with Crippen LogP contribution in [0.4, 0.5) is 5.00 Å². The number of anilines is 1. The van der Waals surface area contributed by atoms with Crippen LogP contribution in [-0.4, -0.2) is 19.0 Å². The monoisotopic (exact) mass is 401 g/mol. The normalized spacial score (nSPS) is 35.5. The minimum absolute atomic E-state index is 0.169. The van der Waals surface area contributed by atoms with E-state index in [0.29, 0.717) is 11.5 Å². The summed E-state index contributed by atoms with van der Waals surface area (Å²) >= 11 is 1.62. The number of rotatable bonds is 4. The molecule has 0 saturated heterocycles. The minimum Gasteiger partial charge on any atom is -0.465 e. The van der Waals surface area contributed by atoms with Crippen molar-refractivity contribution in [3.63, 3.8) is 0 Å². The van der Waals surface area contributed by atoms with E-state index in [1.807, 2.05) is 0 Å². The zero-order valence-electron chi connectivity index (χ0n) is 17.0. The third-order valence-corrected chi connectivity index (χ3v) is 9.25. The van der Waals surface area contributed by atoms with Gasteiger partial charge < -0.3 is 10.1 Å². The molecule has 1 heterocycles. The maximum Gasteiger partial charge on any atom is 0.341 e. The van der Waals surface area contributed by atoms with Crippen LogP contribution in [0, 0.1) is 29.1 Å². The Kier molecular flexibility index (Phi) is 4.57. The van der Waals surface area contributed by atoms with Gasteiger partial charge in [-0.1, -0.05) is 13.3 Å². The van der Waals surface area contributed by atoms with Crippen molar-refractivity contribution in [1.82, 2.24) is 0 Å². The fraction of sp³-hybridized carbons (Fsp3) is 0.739. The summed E-state index contributed by atoms with van der Waals surface area (Å²) in [5.41, 5.74) is 1.57. The van der Waals surface area contributed by atoms with E-state index in [0.717, 1.165) is 66.8 Å². The summed E-state index contributed by atoms with van der Waals surface area (Å²) in [6.07, 6.45) is 11.3. The molecule has 4 nitrogen and oxygen atoms in total. The second-order valence-corrected chi connectivity index (χ2v) is 11.0. The van der Waals surface area contributed by atoms with Crippen LogP contribution in [0.5, 0.6) is 0 Å². The molecular weight excluding hydrogens is 370 g/mol. The molecule has 1 amide bonds. The molecule has 5 aliphatic carbocycles. The van der Waals surface area contributed by atoms with Crippen LogP contribution >= 0.6 is 11.3 Å². The number of ether oxygens (including phenoxy) is 1. The van der Waals surface area contributed by atoms with Gasteiger partial charge in [0.15, 0.2) is 0 Å². The Morgan fingerprint density at radius 3 is 2.36 bits per heavy atom. The lowest BCUT2D eigenvalue weighted by Gasteiger charge is -2.55. The minimum atomic E-state index is -0.298. The van der Waals surface area contributed by atoms with Crippen molar-refractivity contribution in [3.05, 3.63) is 16.0 Å². The fourth-order valence-electron chi connectivity index (χ4n) is 7.03. The van der Waals surface area contributed by atoms with E-state index in [2.05, 4.69) is 12.2 Å². The third-order valence-electron chi connectivity index (χ3n) is 8.08. The largest absolute Gasteiger partial charge is 0.465 e. The number of carbonyl (C=O) groups is 2. The highest BCUT2D eigenvalue weighted by atomic mass is 32.1. The molecule has 0 radical (unpaired) electrons. The number of hydrogen-bond donors (Lipinski definition) is 1. The van der Waals surface area contributed by atoms with Crippen LogP contribution in [0.1, 0.15) is 79.1 Å². The summed E-state index contributed by atoms with van der Waals surface area (Å²) in [6, 6.07) is 0. The molecule has 6 rings (SSSR count). The van der Waals surface area contributed by atoms with Gasteiger partial charge in [-0.3, -0.25) is 4.79 Å². The molecule has 5 heteroatoms. The average Bonchev–Trinajstić information content (AvgIpc) is 3.03. The third kappa shape index (κ3) is 2.92. The van der Waals surface area contributed by atoms with Crippen molar-refractivity contribution in [2.75, 3.05) is 12.4 Å².